The Hall–Kier alpha value is -2.45. The zero-order valence-electron chi connectivity index (χ0n) is 15.7. The van der Waals surface area contributed by atoms with Crippen molar-refractivity contribution in [2.24, 2.45) is 0 Å². The lowest BCUT2D eigenvalue weighted by molar-refractivity contribution is -0.113. The number of allylic oxidation sites excluding steroid dienone is 1. The summed E-state index contributed by atoms with van der Waals surface area (Å²) in [7, 11) is 0. The smallest absolute Gasteiger partial charge is 0.234 e. The van der Waals surface area contributed by atoms with E-state index in [0.717, 1.165) is 17.8 Å². The molecule has 1 amide bonds. The molecule has 0 aliphatic carbocycles. The number of aromatic nitrogens is 3. The van der Waals surface area contributed by atoms with E-state index in [0.29, 0.717) is 17.4 Å². The van der Waals surface area contributed by atoms with Crippen LogP contribution < -0.4 is 5.32 Å². The number of nitrogens with one attached hydrogen (secondary N) is 1. The number of anilines is 1. The molecular weight excluding hydrogens is 395 g/mol. The maximum atomic E-state index is 13.0. The molecule has 0 saturated carbocycles. The molecule has 0 unspecified atom stereocenters. The van der Waals surface area contributed by atoms with Crippen LogP contribution in [-0.4, -0.2) is 26.4 Å². The van der Waals surface area contributed by atoms with Gasteiger partial charge in [0.2, 0.25) is 5.91 Å². The summed E-state index contributed by atoms with van der Waals surface area (Å²) < 4.78 is 14.9. The molecule has 8 heteroatoms. The third-order valence-corrected chi connectivity index (χ3v) is 6.11. The highest BCUT2D eigenvalue weighted by Crippen LogP contribution is 2.32. The number of hydrogen-bond acceptors (Lipinski definition) is 5. The van der Waals surface area contributed by atoms with E-state index in [9.17, 15) is 9.18 Å². The molecule has 0 radical (unpaired) electrons. The average Bonchev–Trinajstić information content (AvgIpc) is 3.25. The van der Waals surface area contributed by atoms with Gasteiger partial charge in [0, 0.05) is 28.1 Å². The second-order valence-electron chi connectivity index (χ2n) is 6.09. The van der Waals surface area contributed by atoms with Crippen molar-refractivity contribution in [2.75, 3.05) is 11.1 Å². The van der Waals surface area contributed by atoms with Crippen LogP contribution in [0.25, 0.3) is 11.4 Å². The molecule has 0 bridgehead atoms. The van der Waals surface area contributed by atoms with Crippen molar-refractivity contribution in [2.45, 2.75) is 32.0 Å². The van der Waals surface area contributed by atoms with Crippen molar-refractivity contribution in [3.05, 3.63) is 58.6 Å². The average molecular weight is 417 g/mol. The quantitative estimate of drug-likeness (QED) is 0.418. The van der Waals surface area contributed by atoms with E-state index in [1.165, 1.54) is 46.5 Å². The largest absolute Gasteiger partial charge is 0.325 e. The van der Waals surface area contributed by atoms with Gasteiger partial charge in [0.25, 0.3) is 0 Å². The minimum absolute atomic E-state index is 0.177. The Bertz CT molecular complexity index is 979. The fourth-order valence-electron chi connectivity index (χ4n) is 2.86. The van der Waals surface area contributed by atoms with Gasteiger partial charge in [-0.1, -0.05) is 24.8 Å². The summed E-state index contributed by atoms with van der Waals surface area (Å²) in [5, 5.41) is 14.2. The lowest BCUT2D eigenvalue weighted by Crippen LogP contribution is -2.14. The third kappa shape index (κ3) is 4.51. The summed E-state index contributed by atoms with van der Waals surface area (Å²) in [5.41, 5.74) is 2.91. The van der Waals surface area contributed by atoms with E-state index in [2.05, 4.69) is 41.3 Å². The summed E-state index contributed by atoms with van der Waals surface area (Å²) in [6, 6.07) is 5.68. The molecule has 28 heavy (non-hydrogen) atoms. The molecule has 3 rings (SSSR count). The first-order valence-electron chi connectivity index (χ1n) is 8.83. The van der Waals surface area contributed by atoms with Crippen LogP contribution in [0.3, 0.4) is 0 Å². The number of carbonyl (C=O) groups is 1. The van der Waals surface area contributed by atoms with E-state index in [1.54, 1.807) is 17.4 Å². The molecule has 5 nitrogen and oxygen atoms in total. The monoisotopic (exact) mass is 416 g/mol. The number of nitrogens with zero attached hydrogens (tertiary/aromatic N) is 3. The second-order valence-corrected chi connectivity index (χ2v) is 8.11. The van der Waals surface area contributed by atoms with Gasteiger partial charge in [-0.2, -0.15) is 0 Å². The Morgan fingerprint density at radius 3 is 2.79 bits per heavy atom. The lowest BCUT2D eigenvalue weighted by atomic mass is 10.1. The molecule has 0 saturated heterocycles. The van der Waals surface area contributed by atoms with E-state index in [-0.39, 0.29) is 17.5 Å². The summed E-state index contributed by atoms with van der Waals surface area (Å²) >= 11 is 3.01. The number of halogens is 1. The van der Waals surface area contributed by atoms with Crippen molar-refractivity contribution in [3.63, 3.8) is 0 Å². The topological polar surface area (TPSA) is 59.8 Å². The first kappa shape index (κ1) is 20.3. The van der Waals surface area contributed by atoms with Crippen LogP contribution in [0.15, 0.2) is 47.5 Å². The normalized spacial score (nSPS) is 10.8. The van der Waals surface area contributed by atoms with Crippen LogP contribution >= 0.6 is 23.1 Å². The minimum Gasteiger partial charge on any atom is -0.325 e. The van der Waals surface area contributed by atoms with Crippen LogP contribution in [0.1, 0.15) is 17.4 Å². The van der Waals surface area contributed by atoms with Gasteiger partial charge in [0.1, 0.15) is 5.82 Å². The molecule has 1 N–H and O–H groups in total. The van der Waals surface area contributed by atoms with Crippen molar-refractivity contribution in [3.8, 4) is 11.4 Å². The molecule has 0 aliphatic heterocycles. The molecule has 0 spiro atoms. The van der Waals surface area contributed by atoms with Crippen LogP contribution in [0.5, 0.6) is 0 Å². The lowest BCUT2D eigenvalue weighted by Gasteiger charge is -2.09. The predicted molar refractivity (Wildman–Crippen MR) is 113 cm³/mol. The minimum atomic E-state index is -0.340. The highest BCUT2D eigenvalue weighted by molar-refractivity contribution is 7.99. The molecule has 146 valence electrons. The van der Waals surface area contributed by atoms with Gasteiger partial charge in [-0.15, -0.1) is 28.1 Å². The number of rotatable bonds is 8. The maximum Gasteiger partial charge on any atom is 0.234 e. The fourth-order valence-corrected chi connectivity index (χ4v) is 4.54. The molecular formula is C20H21FN4OS2. The van der Waals surface area contributed by atoms with E-state index in [4.69, 9.17) is 0 Å². The SMILES string of the molecule is C=CCn1c(SCC(=O)Nc2ccc(F)cc2)nnc1-c1csc(C)c1CC. The number of benzene rings is 1. The summed E-state index contributed by atoms with van der Waals surface area (Å²) in [6.07, 6.45) is 2.72. The van der Waals surface area contributed by atoms with Crippen LogP contribution in [0.4, 0.5) is 10.1 Å². The van der Waals surface area contributed by atoms with Crippen LogP contribution in [-0.2, 0) is 17.8 Å². The highest BCUT2D eigenvalue weighted by Gasteiger charge is 2.19. The predicted octanol–water partition coefficient (Wildman–Crippen LogP) is 4.93. The van der Waals surface area contributed by atoms with Gasteiger partial charge in [-0.05, 0) is 43.2 Å². The molecule has 3 aromatic rings. The standard InChI is InChI=1S/C20H21FN4OS2/c1-4-10-25-19(17-11-27-13(3)16(17)5-2)23-24-20(25)28-12-18(26)22-15-8-6-14(21)7-9-15/h4,6-9,11H,1,5,10,12H2,2-3H3,(H,22,26). The van der Waals surface area contributed by atoms with Crippen LogP contribution in [0.2, 0.25) is 0 Å². The number of thiophene rings is 1. The van der Waals surface area contributed by atoms with Gasteiger partial charge >= 0.3 is 0 Å². The van der Waals surface area contributed by atoms with E-state index < -0.39 is 0 Å². The Morgan fingerprint density at radius 2 is 2.11 bits per heavy atom. The van der Waals surface area contributed by atoms with Gasteiger partial charge in [-0.25, -0.2) is 4.39 Å². The maximum absolute atomic E-state index is 13.0. The Kier molecular flexibility index (Phi) is 6.64. The molecule has 0 fully saturated rings. The zero-order chi connectivity index (χ0) is 20.1. The Balaban J connectivity index is 1.75. The second kappa shape index (κ2) is 9.16. The van der Waals surface area contributed by atoms with Gasteiger partial charge < -0.3 is 5.32 Å². The third-order valence-electron chi connectivity index (χ3n) is 4.19. The van der Waals surface area contributed by atoms with Gasteiger partial charge in [0.15, 0.2) is 11.0 Å². The first-order valence-corrected chi connectivity index (χ1v) is 10.7. The van der Waals surface area contributed by atoms with Crippen molar-refractivity contribution in [1.29, 1.82) is 0 Å². The van der Waals surface area contributed by atoms with Gasteiger partial charge in [-0.3, -0.25) is 9.36 Å². The highest BCUT2D eigenvalue weighted by atomic mass is 32.2. The van der Waals surface area contributed by atoms with Crippen LogP contribution in [0, 0.1) is 12.7 Å². The summed E-state index contributed by atoms with van der Waals surface area (Å²) in [4.78, 5) is 13.5. The van der Waals surface area contributed by atoms with Crippen molar-refractivity contribution >= 4 is 34.7 Å². The molecule has 0 atom stereocenters. The van der Waals surface area contributed by atoms with E-state index in [1.807, 2.05) is 4.57 Å². The first-order chi connectivity index (χ1) is 13.5. The van der Waals surface area contributed by atoms with Crippen molar-refractivity contribution < 1.29 is 9.18 Å². The Morgan fingerprint density at radius 1 is 1.36 bits per heavy atom. The summed E-state index contributed by atoms with van der Waals surface area (Å²) in [5.74, 6) is 0.442. The van der Waals surface area contributed by atoms with E-state index >= 15 is 0 Å². The zero-order valence-corrected chi connectivity index (χ0v) is 17.4. The molecule has 0 aliphatic rings. The summed E-state index contributed by atoms with van der Waals surface area (Å²) in [6.45, 7) is 8.62. The number of carbonyl (C=O) groups excluding carboxylic acids is 1. The molecule has 1 aromatic carbocycles. The molecule has 2 aromatic heterocycles. The van der Waals surface area contributed by atoms with Gasteiger partial charge in [0.05, 0.1) is 5.75 Å². The number of thioether (sulfide) groups is 1. The van der Waals surface area contributed by atoms with Crippen molar-refractivity contribution in [1.82, 2.24) is 14.8 Å². The number of hydrogen-bond donors (Lipinski definition) is 1. The number of aryl methyl sites for hydroxylation is 1. The number of amides is 1. The Labute approximate surface area is 171 Å². The molecule has 2 heterocycles. The fraction of sp³-hybridized carbons (Fsp3) is 0.250.